The topological polar surface area (TPSA) is 71.0 Å². The van der Waals surface area contributed by atoms with Crippen LogP contribution < -0.4 is 14.8 Å². The zero-order valence-corrected chi connectivity index (χ0v) is 15.4. The number of para-hydroxylation sites is 2. The Morgan fingerprint density at radius 1 is 1.21 bits per heavy atom. The predicted octanol–water partition coefficient (Wildman–Crippen LogP) is 4.11. The van der Waals surface area contributed by atoms with E-state index in [0.29, 0.717) is 29.5 Å². The first kappa shape index (κ1) is 19.9. The number of nitrogens with one attached hydrogen (secondary N) is 1. The van der Waals surface area contributed by atoms with Gasteiger partial charge in [0.2, 0.25) is 0 Å². The predicted molar refractivity (Wildman–Crippen MR) is 100 cm³/mol. The van der Waals surface area contributed by atoms with Crippen molar-refractivity contribution in [2.45, 2.75) is 25.4 Å². The third-order valence-corrected chi connectivity index (χ3v) is 4.34. The first-order valence-corrected chi connectivity index (χ1v) is 9.00. The Hall–Kier alpha value is -2.87. The van der Waals surface area contributed by atoms with Crippen molar-refractivity contribution in [3.8, 4) is 17.2 Å². The molecule has 0 aromatic heterocycles. The van der Waals surface area contributed by atoms with Gasteiger partial charge < -0.3 is 24.8 Å². The molecule has 0 spiro atoms. The summed E-state index contributed by atoms with van der Waals surface area (Å²) in [5.74, 6) is -1.69. The highest BCUT2D eigenvalue weighted by Crippen LogP contribution is 2.32. The molecule has 6 nitrogen and oxygen atoms in total. The second kappa shape index (κ2) is 8.43. The van der Waals surface area contributed by atoms with Crippen LogP contribution in [0.15, 0.2) is 48.5 Å². The summed E-state index contributed by atoms with van der Waals surface area (Å²) in [4.78, 5) is 13.4. The van der Waals surface area contributed by atoms with Gasteiger partial charge in [-0.25, -0.2) is 13.6 Å². The van der Waals surface area contributed by atoms with Crippen LogP contribution in [-0.2, 0) is 0 Å². The molecule has 28 heavy (non-hydrogen) atoms. The summed E-state index contributed by atoms with van der Waals surface area (Å²) in [7, 11) is 0. The maximum Gasteiger partial charge on any atom is 0.322 e. The lowest BCUT2D eigenvalue weighted by Crippen LogP contribution is -2.54. The number of carbonyl (C=O) groups excluding carboxylic acids is 1. The van der Waals surface area contributed by atoms with Crippen molar-refractivity contribution in [1.82, 2.24) is 4.90 Å². The van der Waals surface area contributed by atoms with Crippen LogP contribution in [0, 0.1) is 0 Å². The molecule has 1 aliphatic heterocycles. The average molecular weight is 392 g/mol. The Balaban J connectivity index is 1.69. The Morgan fingerprint density at radius 2 is 1.89 bits per heavy atom. The standard InChI is InChI=1S/C20H22F2N2O4/c1-2-27-14-7-9-15(10-8-14)28-17-6-4-3-5-16(17)23-19(26)24-12-11-18(25)20(21,22)13-24/h3-10,18,25H,2,11-13H2,1H3,(H,23,26). The molecule has 8 heteroatoms. The van der Waals surface area contributed by atoms with Gasteiger partial charge in [-0.05, 0) is 49.7 Å². The first-order chi connectivity index (χ1) is 13.4. The molecular formula is C20H22F2N2O4. The van der Waals surface area contributed by atoms with Crippen LogP contribution in [-0.4, -0.2) is 47.8 Å². The van der Waals surface area contributed by atoms with E-state index in [1.807, 2.05) is 6.92 Å². The van der Waals surface area contributed by atoms with Crippen LogP contribution in [0.5, 0.6) is 17.2 Å². The van der Waals surface area contributed by atoms with E-state index < -0.39 is 24.6 Å². The summed E-state index contributed by atoms with van der Waals surface area (Å²) in [5.41, 5.74) is 0.357. The quantitative estimate of drug-likeness (QED) is 0.803. The molecule has 150 valence electrons. The normalized spacial score (nSPS) is 18.4. The van der Waals surface area contributed by atoms with E-state index in [-0.39, 0.29) is 13.0 Å². The monoisotopic (exact) mass is 392 g/mol. The number of alkyl halides is 2. The molecule has 0 aliphatic carbocycles. The lowest BCUT2D eigenvalue weighted by atomic mass is 10.0. The molecule has 1 unspecified atom stereocenters. The number of anilines is 1. The summed E-state index contributed by atoms with van der Waals surface area (Å²) >= 11 is 0. The average Bonchev–Trinajstić information content (AvgIpc) is 2.67. The number of amides is 2. The molecule has 0 bridgehead atoms. The zero-order chi connectivity index (χ0) is 20.1. The number of nitrogens with zero attached hydrogens (tertiary/aromatic N) is 1. The molecule has 1 aliphatic rings. The highest BCUT2D eigenvalue weighted by Gasteiger charge is 2.45. The van der Waals surface area contributed by atoms with Crippen LogP contribution in [0.2, 0.25) is 0 Å². The molecule has 0 radical (unpaired) electrons. The van der Waals surface area contributed by atoms with Gasteiger partial charge in [0.25, 0.3) is 5.92 Å². The van der Waals surface area contributed by atoms with Gasteiger partial charge in [0.05, 0.1) is 18.8 Å². The Kier molecular flexibility index (Phi) is 5.99. The molecule has 2 aromatic rings. The number of halogens is 2. The molecule has 1 saturated heterocycles. The van der Waals surface area contributed by atoms with Crippen molar-refractivity contribution in [2.24, 2.45) is 0 Å². The minimum atomic E-state index is -3.33. The Bertz CT molecular complexity index is 814. The zero-order valence-electron chi connectivity index (χ0n) is 15.4. The van der Waals surface area contributed by atoms with Gasteiger partial charge in [0.15, 0.2) is 5.75 Å². The van der Waals surface area contributed by atoms with Crippen molar-refractivity contribution < 1.29 is 28.2 Å². The molecule has 2 amide bonds. The van der Waals surface area contributed by atoms with Crippen molar-refractivity contribution in [3.63, 3.8) is 0 Å². The minimum Gasteiger partial charge on any atom is -0.494 e. The molecule has 1 fully saturated rings. The van der Waals surface area contributed by atoms with Crippen molar-refractivity contribution >= 4 is 11.7 Å². The first-order valence-electron chi connectivity index (χ1n) is 9.00. The summed E-state index contributed by atoms with van der Waals surface area (Å²) in [6, 6.07) is 13.1. The number of carbonyl (C=O) groups is 1. The SMILES string of the molecule is CCOc1ccc(Oc2ccccc2NC(=O)N2CCC(O)C(F)(F)C2)cc1. The molecular weight excluding hydrogens is 370 g/mol. The number of rotatable bonds is 5. The summed E-state index contributed by atoms with van der Waals surface area (Å²) < 4.78 is 38.6. The summed E-state index contributed by atoms with van der Waals surface area (Å²) in [6.45, 7) is 1.66. The van der Waals surface area contributed by atoms with E-state index in [1.165, 1.54) is 0 Å². The lowest BCUT2D eigenvalue weighted by Gasteiger charge is -2.35. The van der Waals surface area contributed by atoms with Crippen LogP contribution in [0.1, 0.15) is 13.3 Å². The minimum absolute atomic E-state index is 0.0461. The van der Waals surface area contributed by atoms with E-state index in [0.717, 1.165) is 4.90 Å². The lowest BCUT2D eigenvalue weighted by molar-refractivity contribution is -0.140. The molecule has 2 aromatic carbocycles. The van der Waals surface area contributed by atoms with Crippen molar-refractivity contribution in [2.75, 3.05) is 25.0 Å². The number of hydrogen-bond acceptors (Lipinski definition) is 4. The van der Waals surface area contributed by atoms with Crippen LogP contribution in [0.3, 0.4) is 0 Å². The number of benzene rings is 2. The molecule has 0 saturated carbocycles. The maximum atomic E-state index is 13.7. The van der Waals surface area contributed by atoms with Crippen molar-refractivity contribution in [3.05, 3.63) is 48.5 Å². The van der Waals surface area contributed by atoms with Gasteiger partial charge in [-0.15, -0.1) is 0 Å². The number of ether oxygens (including phenoxy) is 2. The number of hydrogen-bond donors (Lipinski definition) is 2. The van der Waals surface area contributed by atoms with Gasteiger partial charge >= 0.3 is 6.03 Å². The van der Waals surface area contributed by atoms with Gasteiger partial charge in [0, 0.05) is 6.54 Å². The van der Waals surface area contributed by atoms with Gasteiger partial charge in [0.1, 0.15) is 17.6 Å². The van der Waals surface area contributed by atoms with E-state index in [4.69, 9.17) is 9.47 Å². The number of likely N-dealkylation sites (tertiary alicyclic amines) is 1. The number of urea groups is 1. The van der Waals surface area contributed by atoms with E-state index >= 15 is 0 Å². The van der Waals surface area contributed by atoms with Crippen LogP contribution in [0.4, 0.5) is 19.3 Å². The second-order valence-corrected chi connectivity index (χ2v) is 6.42. The number of piperidine rings is 1. The molecule has 1 heterocycles. The smallest absolute Gasteiger partial charge is 0.322 e. The highest BCUT2D eigenvalue weighted by atomic mass is 19.3. The largest absolute Gasteiger partial charge is 0.494 e. The van der Waals surface area contributed by atoms with Gasteiger partial charge in [-0.1, -0.05) is 12.1 Å². The van der Waals surface area contributed by atoms with E-state index in [2.05, 4.69) is 5.32 Å². The van der Waals surface area contributed by atoms with E-state index in [1.54, 1.807) is 48.5 Å². The molecule has 1 atom stereocenters. The van der Waals surface area contributed by atoms with Crippen LogP contribution in [0.25, 0.3) is 0 Å². The fourth-order valence-corrected chi connectivity index (χ4v) is 2.85. The second-order valence-electron chi connectivity index (χ2n) is 6.42. The Labute approximate surface area is 161 Å². The molecule has 2 N–H and O–H groups in total. The Morgan fingerprint density at radius 3 is 2.57 bits per heavy atom. The summed E-state index contributed by atoms with van der Waals surface area (Å²) in [6.07, 6.45) is -1.91. The summed E-state index contributed by atoms with van der Waals surface area (Å²) in [5, 5.41) is 12.0. The molecule has 3 rings (SSSR count). The van der Waals surface area contributed by atoms with Crippen LogP contribution >= 0.6 is 0 Å². The number of aliphatic hydroxyl groups excluding tert-OH is 1. The van der Waals surface area contributed by atoms with E-state index in [9.17, 15) is 18.7 Å². The fourth-order valence-electron chi connectivity index (χ4n) is 2.85. The third kappa shape index (κ3) is 4.69. The van der Waals surface area contributed by atoms with Crippen molar-refractivity contribution in [1.29, 1.82) is 0 Å². The van der Waals surface area contributed by atoms with Gasteiger partial charge in [-0.3, -0.25) is 0 Å². The maximum absolute atomic E-state index is 13.7. The van der Waals surface area contributed by atoms with Gasteiger partial charge in [-0.2, -0.15) is 0 Å². The third-order valence-electron chi connectivity index (χ3n) is 4.34. The highest BCUT2D eigenvalue weighted by molar-refractivity contribution is 5.91. The fraction of sp³-hybridized carbons (Fsp3) is 0.350. The number of aliphatic hydroxyl groups is 1.